The molecule has 0 aliphatic rings. The van der Waals surface area contributed by atoms with Crippen molar-refractivity contribution >= 4 is 52.6 Å². The molecule has 2 rings (SSSR count). The van der Waals surface area contributed by atoms with Crippen molar-refractivity contribution in [1.82, 2.24) is 20.8 Å². The van der Waals surface area contributed by atoms with E-state index in [1.807, 2.05) is 0 Å². The number of hydrogen-bond acceptors (Lipinski definition) is 6. The number of carboxylic acids is 1. The van der Waals surface area contributed by atoms with Gasteiger partial charge in [-0.05, 0) is 12.1 Å². The van der Waals surface area contributed by atoms with Crippen LogP contribution in [0.3, 0.4) is 0 Å². The Kier molecular flexibility index (Phi) is 16.4. The minimum absolute atomic E-state index is 0.00337. The van der Waals surface area contributed by atoms with E-state index in [2.05, 4.69) is 45.0 Å². The van der Waals surface area contributed by atoms with Crippen molar-refractivity contribution in [2.45, 2.75) is 59.4 Å². The first-order valence-electron chi connectivity index (χ1n) is 11.6. The summed E-state index contributed by atoms with van der Waals surface area (Å²) in [4.78, 5) is 37.1. The van der Waals surface area contributed by atoms with Crippen LogP contribution in [0.25, 0.3) is 0 Å². The number of anilines is 1. The Hall–Kier alpha value is -3.31. The Bertz CT molecular complexity index is 1060. The fourth-order valence-corrected chi connectivity index (χ4v) is 2.99. The van der Waals surface area contributed by atoms with E-state index in [1.54, 1.807) is 27.1 Å². The van der Waals surface area contributed by atoms with Crippen LogP contribution in [0, 0.1) is 0 Å². The molecule has 0 saturated heterocycles. The van der Waals surface area contributed by atoms with Crippen molar-refractivity contribution in [3.63, 3.8) is 0 Å². The molecule has 0 aliphatic carbocycles. The fourth-order valence-electron chi connectivity index (χ4n) is 2.48. The number of carboxylic acid groups (broad SMARTS) is 1. The van der Waals surface area contributed by atoms with E-state index in [0.29, 0.717) is 17.5 Å². The zero-order chi connectivity index (χ0) is 28.5. The highest BCUT2D eigenvalue weighted by Gasteiger charge is 2.22. The highest BCUT2D eigenvalue weighted by Crippen LogP contribution is 2.36. The second-order valence-electron chi connectivity index (χ2n) is 7.57. The molecule has 0 bridgehead atoms. The van der Waals surface area contributed by atoms with Gasteiger partial charge in [0.1, 0.15) is 11.4 Å². The molecule has 2 aromatic rings. The number of unbranched alkanes of at least 4 members (excludes halogenated alkanes) is 1. The number of nitrogens with one attached hydrogen (secondary N) is 4. The number of Topliss-reactive ketones (excluding diaryl/α,β-unsaturated/α-hetero) is 1. The third-order valence-electron chi connectivity index (χ3n) is 4.63. The number of aromatic nitrogens is 2. The third kappa shape index (κ3) is 13.0. The van der Waals surface area contributed by atoms with E-state index >= 15 is 0 Å². The standard InChI is InChI=1S/C12H13Cl2NO4.C8H13N5O.C4H10/c1-2-10(16)15-9(5-11(17)18)7-3-6(13)4-8(14)12(7)19;1-5(14)6-4-7(13-12-6)11-8(9-2)10-3;1-3-4-2/h3-4,9,19H,2,5H2,1H3,(H,15,16)(H,17,18);4H,1-3H3,(H3,9,10,11,12,13);3-4H2,1-2H3. The van der Waals surface area contributed by atoms with E-state index in [4.69, 9.17) is 28.3 Å². The minimum Gasteiger partial charge on any atom is -0.506 e. The van der Waals surface area contributed by atoms with Crippen molar-refractivity contribution in [1.29, 1.82) is 0 Å². The first-order valence-corrected chi connectivity index (χ1v) is 12.4. The smallest absolute Gasteiger partial charge is 0.305 e. The molecule has 0 spiro atoms. The van der Waals surface area contributed by atoms with E-state index in [0.717, 1.165) is 0 Å². The van der Waals surface area contributed by atoms with Gasteiger partial charge in [0.2, 0.25) is 5.91 Å². The number of hydrogen-bond donors (Lipinski definition) is 6. The lowest BCUT2D eigenvalue weighted by molar-refractivity contribution is -0.137. The number of aliphatic imine (C=N–C) groups is 1. The van der Waals surface area contributed by atoms with Gasteiger partial charge >= 0.3 is 5.97 Å². The molecule has 0 saturated carbocycles. The van der Waals surface area contributed by atoms with Crippen LogP contribution in [0.1, 0.15) is 75.5 Å². The number of aromatic hydroxyl groups is 1. The van der Waals surface area contributed by atoms with Gasteiger partial charge in [0.15, 0.2) is 17.6 Å². The van der Waals surface area contributed by atoms with Crippen LogP contribution in [0.15, 0.2) is 23.2 Å². The van der Waals surface area contributed by atoms with E-state index in [1.165, 1.54) is 31.9 Å². The maximum absolute atomic E-state index is 11.4. The Balaban J connectivity index is 0.000000632. The second kappa shape index (κ2) is 18.0. The number of phenolic OH excluding ortho intramolecular Hbond substituents is 1. The largest absolute Gasteiger partial charge is 0.506 e. The van der Waals surface area contributed by atoms with Crippen LogP contribution in [-0.4, -0.2) is 58.1 Å². The van der Waals surface area contributed by atoms with Crippen molar-refractivity contribution in [3.05, 3.63) is 39.5 Å². The van der Waals surface area contributed by atoms with Crippen LogP contribution in [-0.2, 0) is 9.59 Å². The van der Waals surface area contributed by atoms with Crippen LogP contribution < -0.4 is 16.0 Å². The summed E-state index contributed by atoms with van der Waals surface area (Å²) in [7, 11) is 3.39. The predicted molar refractivity (Wildman–Crippen MR) is 147 cm³/mol. The molecule has 37 heavy (non-hydrogen) atoms. The highest BCUT2D eigenvalue weighted by molar-refractivity contribution is 6.35. The van der Waals surface area contributed by atoms with Crippen LogP contribution in [0.2, 0.25) is 10.0 Å². The summed E-state index contributed by atoms with van der Waals surface area (Å²) in [6.07, 6.45) is 2.46. The van der Waals surface area contributed by atoms with Crippen molar-refractivity contribution < 1.29 is 24.6 Å². The number of amides is 1. The average Bonchev–Trinajstić information content (AvgIpc) is 3.33. The van der Waals surface area contributed by atoms with Gasteiger partial charge in [0.05, 0.1) is 17.5 Å². The van der Waals surface area contributed by atoms with Crippen LogP contribution in [0.4, 0.5) is 5.82 Å². The van der Waals surface area contributed by atoms with Crippen molar-refractivity contribution in [2.75, 3.05) is 19.4 Å². The number of carbonyl (C=O) groups excluding carboxylic acids is 2. The number of carbonyl (C=O) groups is 3. The molecule has 13 heteroatoms. The van der Waals surface area contributed by atoms with Crippen molar-refractivity contribution in [3.8, 4) is 5.75 Å². The summed E-state index contributed by atoms with van der Waals surface area (Å²) in [5.41, 5.74) is 0.653. The highest BCUT2D eigenvalue weighted by atomic mass is 35.5. The molecule has 0 fully saturated rings. The fraction of sp³-hybridized carbons (Fsp3) is 0.458. The molecule has 1 unspecified atom stereocenters. The molecule has 11 nitrogen and oxygen atoms in total. The van der Waals surface area contributed by atoms with Crippen molar-refractivity contribution in [2.24, 2.45) is 4.99 Å². The topological polar surface area (TPSA) is 169 Å². The molecule has 206 valence electrons. The molecule has 6 N–H and O–H groups in total. The predicted octanol–water partition coefficient (Wildman–Crippen LogP) is 4.78. The molecule has 1 amide bonds. The number of benzene rings is 1. The monoisotopic (exact) mass is 558 g/mol. The molecule has 1 atom stereocenters. The van der Waals surface area contributed by atoms with Gasteiger partial charge in [-0.2, -0.15) is 5.10 Å². The zero-order valence-corrected chi connectivity index (χ0v) is 23.4. The number of aromatic amines is 1. The maximum atomic E-state index is 11.4. The molecule has 0 radical (unpaired) electrons. The van der Waals surface area contributed by atoms with Gasteiger partial charge < -0.3 is 26.2 Å². The van der Waals surface area contributed by atoms with E-state index in [-0.39, 0.29) is 45.9 Å². The summed E-state index contributed by atoms with van der Waals surface area (Å²) in [6, 6.07) is 3.46. The summed E-state index contributed by atoms with van der Waals surface area (Å²) >= 11 is 11.6. The molecule has 0 aliphatic heterocycles. The molecule has 1 aromatic carbocycles. The number of H-pyrrole nitrogens is 1. The lowest BCUT2D eigenvalue weighted by Gasteiger charge is -2.19. The molecule has 1 heterocycles. The van der Waals surface area contributed by atoms with Gasteiger partial charge in [0.25, 0.3) is 0 Å². The summed E-state index contributed by atoms with van der Waals surface area (Å²) < 4.78 is 0. The quantitative estimate of drug-likeness (QED) is 0.153. The number of phenols is 1. The van der Waals surface area contributed by atoms with Gasteiger partial charge in [-0.25, -0.2) is 0 Å². The summed E-state index contributed by atoms with van der Waals surface area (Å²) in [6.45, 7) is 7.47. The molecular weight excluding hydrogens is 523 g/mol. The Morgan fingerprint density at radius 1 is 1.14 bits per heavy atom. The summed E-state index contributed by atoms with van der Waals surface area (Å²) in [5.74, 6) is -0.630. The normalized spacial score (nSPS) is 11.2. The first-order chi connectivity index (χ1) is 17.4. The first kappa shape index (κ1) is 33.7. The van der Waals surface area contributed by atoms with Gasteiger partial charge in [-0.3, -0.25) is 24.5 Å². The Labute approximate surface area is 227 Å². The van der Waals surface area contributed by atoms with Gasteiger partial charge in [-0.1, -0.05) is 56.8 Å². The number of aliphatic carboxylic acids is 1. The Morgan fingerprint density at radius 2 is 1.76 bits per heavy atom. The lowest BCUT2D eigenvalue weighted by Crippen LogP contribution is -2.29. The number of guanidine groups is 1. The number of halogens is 2. The average molecular weight is 559 g/mol. The number of rotatable bonds is 8. The van der Waals surface area contributed by atoms with E-state index < -0.39 is 12.0 Å². The van der Waals surface area contributed by atoms with Gasteiger partial charge in [0, 0.05) is 44.1 Å². The Morgan fingerprint density at radius 3 is 2.19 bits per heavy atom. The second-order valence-corrected chi connectivity index (χ2v) is 8.41. The minimum atomic E-state index is -1.11. The van der Waals surface area contributed by atoms with Crippen LogP contribution in [0.5, 0.6) is 5.75 Å². The van der Waals surface area contributed by atoms with E-state index in [9.17, 15) is 19.5 Å². The molecule has 1 aromatic heterocycles. The lowest BCUT2D eigenvalue weighted by atomic mass is 10.0. The maximum Gasteiger partial charge on any atom is 0.305 e. The molecular formula is C24H36Cl2N6O5. The van der Waals surface area contributed by atoms with Crippen LogP contribution >= 0.6 is 23.2 Å². The SMILES string of the molecule is CCC(=O)NC(CC(=O)O)c1cc(Cl)cc(Cl)c1O.CCCC.CN=C(NC)Nc1cc(C(C)=O)[nH]n1. The number of ketones is 1. The third-order valence-corrected chi connectivity index (χ3v) is 5.14. The number of nitrogens with zero attached hydrogens (tertiary/aromatic N) is 2. The van der Waals surface area contributed by atoms with Gasteiger partial charge in [-0.15, -0.1) is 0 Å². The summed E-state index contributed by atoms with van der Waals surface area (Å²) in [5, 5.41) is 33.7. The zero-order valence-electron chi connectivity index (χ0n) is 21.9.